The summed E-state index contributed by atoms with van der Waals surface area (Å²) in [6.45, 7) is 0. The van der Waals surface area contributed by atoms with Crippen molar-refractivity contribution in [3.63, 3.8) is 0 Å². The summed E-state index contributed by atoms with van der Waals surface area (Å²) in [6, 6.07) is 14.5. The SMILES string of the molecule is O=C(Nc1ncc(Cc2ccc(Cl)cc2)s1)c1cccc(Cl)c1. The number of hydrogen-bond donors (Lipinski definition) is 1. The number of aromatic nitrogens is 1. The average molecular weight is 363 g/mol. The number of anilines is 1. The maximum absolute atomic E-state index is 12.2. The van der Waals surface area contributed by atoms with Crippen LogP contribution in [0.15, 0.2) is 54.7 Å². The third-order valence-corrected chi connectivity index (χ3v) is 4.55. The normalized spacial score (nSPS) is 10.5. The summed E-state index contributed by atoms with van der Waals surface area (Å²) < 4.78 is 0. The summed E-state index contributed by atoms with van der Waals surface area (Å²) in [4.78, 5) is 17.5. The maximum Gasteiger partial charge on any atom is 0.257 e. The van der Waals surface area contributed by atoms with E-state index in [-0.39, 0.29) is 5.91 Å². The van der Waals surface area contributed by atoms with Crippen molar-refractivity contribution in [1.29, 1.82) is 0 Å². The molecular formula is C17H12Cl2N2OS. The number of amides is 1. The number of halogens is 2. The largest absolute Gasteiger partial charge is 0.298 e. The minimum Gasteiger partial charge on any atom is -0.298 e. The Hall–Kier alpha value is -1.88. The summed E-state index contributed by atoms with van der Waals surface area (Å²) in [7, 11) is 0. The Morgan fingerprint density at radius 3 is 2.61 bits per heavy atom. The van der Waals surface area contributed by atoms with Gasteiger partial charge in [0, 0.05) is 33.1 Å². The van der Waals surface area contributed by atoms with Gasteiger partial charge in [-0.3, -0.25) is 10.1 Å². The Kier molecular flexibility index (Phi) is 4.96. The molecule has 0 atom stereocenters. The zero-order valence-electron chi connectivity index (χ0n) is 11.9. The van der Waals surface area contributed by atoms with E-state index in [2.05, 4.69) is 10.3 Å². The Labute approximate surface area is 147 Å². The lowest BCUT2D eigenvalue weighted by Crippen LogP contribution is -2.11. The van der Waals surface area contributed by atoms with E-state index in [1.54, 1.807) is 30.5 Å². The number of carbonyl (C=O) groups excluding carboxylic acids is 1. The molecule has 0 aliphatic heterocycles. The van der Waals surface area contributed by atoms with Crippen LogP contribution in [0.1, 0.15) is 20.8 Å². The fraction of sp³-hybridized carbons (Fsp3) is 0.0588. The Bertz CT molecular complexity index is 831. The summed E-state index contributed by atoms with van der Waals surface area (Å²) in [5.74, 6) is -0.222. The molecule has 0 unspecified atom stereocenters. The third-order valence-electron chi connectivity index (χ3n) is 3.15. The molecule has 3 rings (SSSR count). The van der Waals surface area contributed by atoms with Crippen LogP contribution >= 0.6 is 34.5 Å². The lowest BCUT2D eigenvalue weighted by molar-refractivity contribution is 0.102. The second-order valence-corrected chi connectivity index (χ2v) is 6.89. The second-order valence-electron chi connectivity index (χ2n) is 4.90. The van der Waals surface area contributed by atoms with Gasteiger partial charge in [-0.1, -0.05) is 41.4 Å². The van der Waals surface area contributed by atoms with Crippen molar-refractivity contribution in [1.82, 2.24) is 4.98 Å². The Morgan fingerprint density at radius 1 is 1.09 bits per heavy atom. The average Bonchev–Trinajstić information content (AvgIpc) is 2.96. The van der Waals surface area contributed by atoms with Crippen molar-refractivity contribution in [2.24, 2.45) is 0 Å². The molecule has 1 aromatic heterocycles. The highest BCUT2D eigenvalue weighted by molar-refractivity contribution is 7.15. The number of carbonyl (C=O) groups is 1. The van der Waals surface area contributed by atoms with Crippen LogP contribution < -0.4 is 5.32 Å². The number of thiazole rings is 1. The van der Waals surface area contributed by atoms with Crippen LogP contribution in [0.5, 0.6) is 0 Å². The van der Waals surface area contributed by atoms with Gasteiger partial charge < -0.3 is 0 Å². The van der Waals surface area contributed by atoms with Crippen LogP contribution in [0.3, 0.4) is 0 Å². The molecule has 0 bridgehead atoms. The van der Waals surface area contributed by atoms with Crippen molar-refractivity contribution >= 4 is 45.6 Å². The van der Waals surface area contributed by atoms with E-state index in [4.69, 9.17) is 23.2 Å². The molecule has 3 aromatic rings. The van der Waals surface area contributed by atoms with E-state index in [0.717, 1.165) is 16.9 Å². The molecule has 3 nitrogen and oxygen atoms in total. The third kappa shape index (κ3) is 4.32. The molecule has 0 saturated carbocycles. The summed E-state index contributed by atoms with van der Waals surface area (Å²) in [5.41, 5.74) is 1.65. The van der Waals surface area contributed by atoms with Crippen LogP contribution in [0, 0.1) is 0 Å². The molecule has 0 radical (unpaired) electrons. The number of nitrogens with zero attached hydrogens (tertiary/aromatic N) is 1. The molecule has 23 heavy (non-hydrogen) atoms. The molecule has 116 valence electrons. The van der Waals surface area contributed by atoms with Crippen molar-refractivity contribution in [2.75, 3.05) is 5.32 Å². The van der Waals surface area contributed by atoms with Gasteiger partial charge in [0.2, 0.25) is 0 Å². The molecule has 0 aliphatic rings. The van der Waals surface area contributed by atoms with Gasteiger partial charge in [0.05, 0.1) is 0 Å². The molecule has 1 heterocycles. The number of benzene rings is 2. The van der Waals surface area contributed by atoms with Crippen molar-refractivity contribution in [2.45, 2.75) is 6.42 Å². The highest BCUT2D eigenvalue weighted by atomic mass is 35.5. The van der Waals surface area contributed by atoms with Crippen molar-refractivity contribution in [3.8, 4) is 0 Å². The van der Waals surface area contributed by atoms with E-state index >= 15 is 0 Å². The highest BCUT2D eigenvalue weighted by Gasteiger charge is 2.10. The molecule has 0 spiro atoms. The summed E-state index contributed by atoms with van der Waals surface area (Å²) in [5, 5.41) is 4.60. The van der Waals surface area contributed by atoms with Gasteiger partial charge in [0.15, 0.2) is 5.13 Å². The Balaban J connectivity index is 1.67. The van der Waals surface area contributed by atoms with E-state index in [1.807, 2.05) is 24.3 Å². The quantitative estimate of drug-likeness (QED) is 0.684. The van der Waals surface area contributed by atoms with Gasteiger partial charge in [-0.05, 0) is 35.9 Å². The monoisotopic (exact) mass is 362 g/mol. The zero-order chi connectivity index (χ0) is 16.2. The standard InChI is InChI=1S/C17H12Cl2N2OS/c18-13-6-4-11(5-7-13)8-15-10-20-17(23-15)21-16(22)12-2-1-3-14(19)9-12/h1-7,9-10H,8H2,(H,20,21,22). The van der Waals surface area contributed by atoms with Crippen LogP contribution in [0.25, 0.3) is 0 Å². The molecule has 1 N–H and O–H groups in total. The molecule has 1 amide bonds. The van der Waals surface area contributed by atoms with Gasteiger partial charge in [0.1, 0.15) is 0 Å². The van der Waals surface area contributed by atoms with Crippen molar-refractivity contribution < 1.29 is 4.79 Å². The molecule has 0 fully saturated rings. The summed E-state index contributed by atoms with van der Waals surface area (Å²) in [6.07, 6.45) is 2.52. The first-order valence-corrected chi connectivity index (χ1v) is 8.43. The van der Waals surface area contributed by atoms with E-state index in [0.29, 0.717) is 20.7 Å². The minimum atomic E-state index is -0.222. The van der Waals surface area contributed by atoms with Crippen LogP contribution in [0.2, 0.25) is 10.0 Å². The van der Waals surface area contributed by atoms with E-state index in [1.165, 1.54) is 11.3 Å². The zero-order valence-corrected chi connectivity index (χ0v) is 14.3. The topological polar surface area (TPSA) is 42.0 Å². The fourth-order valence-corrected chi connectivity index (χ4v) is 3.21. The smallest absolute Gasteiger partial charge is 0.257 e. The number of hydrogen-bond acceptors (Lipinski definition) is 3. The molecule has 0 aliphatic carbocycles. The van der Waals surface area contributed by atoms with Gasteiger partial charge in [0.25, 0.3) is 5.91 Å². The first kappa shape index (κ1) is 16.0. The lowest BCUT2D eigenvalue weighted by Gasteiger charge is -2.02. The fourth-order valence-electron chi connectivity index (χ4n) is 2.05. The molecule has 6 heteroatoms. The molecule has 0 saturated heterocycles. The van der Waals surface area contributed by atoms with Gasteiger partial charge in [-0.15, -0.1) is 11.3 Å². The van der Waals surface area contributed by atoms with E-state index < -0.39 is 0 Å². The van der Waals surface area contributed by atoms with Gasteiger partial charge >= 0.3 is 0 Å². The molecular weight excluding hydrogens is 351 g/mol. The predicted octanol–water partition coefficient (Wildman–Crippen LogP) is 5.29. The first-order valence-electron chi connectivity index (χ1n) is 6.86. The Morgan fingerprint density at radius 2 is 1.87 bits per heavy atom. The number of nitrogens with one attached hydrogen (secondary N) is 1. The van der Waals surface area contributed by atoms with Crippen LogP contribution in [-0.2, 0) is 6.42 Å². The second kappa shape index (κ2) is 7.13. The number of rotatable bonds is 4. The van der Waals surface area contributed by atoms with Crippen LogP contribution in [0.4, 0.5) is 5.13 Å². The molecule has 2 aromatic carbocycles. The van der Waals surface area contributed by atoms with Gasteiger partial charge in [-0.25, -0.2) is 4.98 Å². The van der Waals surface area contributed by atoms with Gasteiger partial charge in [-0.2, -0.15) is 0 Å². The van der Waals surface area contributed by atoms with E-state index in [9.17, 15) is 4.79 Å². The highest BCUT2D eigenvalue weighted by Crippen LogP contribution is 2.23. The summed E-state index contributed by atoms with van der Waals surface area (Å²) >= 11 is 13.2. The maximum atomic E-state index is 12.2. The predicted molar refractivity (Wildman–Crippen MR) is 95.8 cm³/mol. The minimum absolute atomic E-state index is 0.222. The first-order chi connectivity index (χ1) is 11.1. The van der Waals surface area contributed by atoms with Crippen LogP contribution in [-0.4, -0.2) is 10.9 Å². The van der Waals surface area contributed by atoms with Crippen molar-refractivity contribution in [3.05, 3.63) is 80.8 Å². The lowest BCUT2D eigenvalue weighted by atomic mass is 10.1.